The molecule has 0 saturated carbocycles. The lowest BCUT2D eigenvalue weighted by atomic mass is 10.1. The molecule has 1 aromatic rings. The summed E-state index contributed by atoms with van der Waals surface area (Å²) >= 11 is 11.5. The van der Waals surface area contributed by atoms with E-state index in [0.717, 1.165) is 13.0 Å². The Morgan fingerprint density at radius 3 is 2.45 bits per heavy atom. The van der Waals surface area contributed by atoms with Gasteiger partial charge in [0, 0.05) is 6.42 Å². The minimum absolute atomic E-state index is 0.611. The molecule has 1 nitrogen and oxygen atoms in total. The Hall–Kier alpha value is -0.240. The Morgan fingerprint density at radius 1 is 1.18 bits per heavy atom. The Labute approximate surface area is 76.1 Å². The summed E-state index contributed by atoms with van der Waals surface area (Å²) in [6.45, 7) is 0.887. The van der Waals surface area contributed by atoms with Crippen LogP contribution in [-0.4, -0.2) is 6.54 Å². The molecular formula is C8H10Cl2N+. The highest BCUT2D eigenvalue weighted by molar-refractivity contribution is 6.41. The number of rotatable bonds is 2. The number of halogens is 2. The van der Waals surface area contributed by atoms with Gasteiger partial charge in [0.05, 0.1) is 16.6 Å². The van der Waals surface area contributed by atoms with E-state index in [0.29, 0.717) is 10.0 Å². The van der Waals surface area contributed by atoms with Crippen LogP contribution in [0.5, 0.6) is 0 Å². The summed E-state index contributed by atoms with van der Waals surface area (Å²) in [5, 5.41) is 1.23. The first-order valence-corrected chi connectivity index (χ1v) is 4.23. The van der Waals surface area contributed by atoms with Gasteiger partial charge in [-0.05, 0) is 17.7 Å². The first-order valence-electron chi connectivity index (χ1n) is 3.47. The highest BCUT2D eigenvalue weighted by atomic mass is 35.5. The number of hydrogen-bond donors (Lipinski definition) is 1. The van der Waals surface area contributed by atoms with Gasteiger partial charge in [0.25, 0.3) is 0 Å². The van der Waals surface area contributed by atoms with Crippen molar-refractivity contribution < 1.29 is 5.73 Å². The summed E-state index contributed by atoms with van der Waals surface area (Å²) in [6.07, 6.45) is 0.955. The van der Waals surface area contributed by atoms with Crippen molar-refractivity contribution in [2.24, 2.45) is 0 Å². The fourth-order valence-corrected chi connectivity index (χ4v) is 1.22. The molecule has 3 N–H and O–H groups in total. The molecule has 0 fully saturated rings. The lowest BCUT2D eigenvalue weighted by Gasteiger charge is -1.98. The van der Waals surface area contributed by atoms with Gasteiger partial charge in [-0.15, -0.1) is 0 Å². The molecule has 0 aromatic heterocycles. The smallest absolute Gasteiger partial charge is 0.0780 e. The second-order valence-electron chi connectivity index (χ2n) is 2.35. The Kier molecular flexibility index (Phi) is 3.18. The van der Waals surface area contributed by atoms with E-state index in [1.807, 2.05) is 18.2 Å². The van der Waals surface area contributed by atoms with Crippen LogP contribution in [0.3, 0.4) is 0 Å². The molecule has 0 saturated heterocycles. The normalized spacial score (nSPS) is 10.1. The predicted molar refractivity (Wildman–Crippen MR) is 47.9 cm³/mol. The molecule has 0 radical (unpaired) electrons. The summed E-state index contributed by atoms with van der Waals surface area (Å²) in [7, 11) is 0. The maximum atomic E-state index is 5.80. The average molecular weight is 191 g/mol. The maximum Gasteiger partial charge on any atom is 0.0780 e. The van der Waals surface area contributed by atoms with E-state index in [9.17, 15) is 0 Å². The monoisotopic (exact) mass is 190 g/mol. The molecule has 0 spiro atoms. The van der Waals surface area contributed by atoms with E-state index in [1.165, 1.54) is 5.56 Å². The number of hydrogen-bond acceptors (Lipinski definition) is 0. The highest BCUT2D eigenvalue weighted by Crippen LogP contribution is 2.22. The number of quaternary nitrogens is 1. The van der Waals surface area contributed by atoms with Gasteiger partial charge >= 0.3 is 0 Å². The van der Waals surface area contributed by atoms with Crippen LogP contribution in [-0.2, 0) is 6.42 Å². The standard InChI is InChI=1S/C8H9Cl2N/c9-7-2-1-6(3-4-11)5-8(7)10/h1-2,5H,3-4,11H2/p+1. The van der Waals surface area contributed by atoms with Crippen molar-refractivity contribution in [3.05, 3.63) is 33.8 Å². The van der Waals surface area contributed by atoms with Crippen molar-refractivity contribution >= 4 is 23.2 Å². The Bertz CT molecular complexity index is 248. The lowest BCUT2D eigenvalue weighted by Crippen LogP contribution is -2.51. The summed E-state index contributed by atoms with van der Waals surface area (Å²) < 4.78 is 0. The van der Waals surface area contributed by atoms with Gasteiger partial charge in [-0.1, -0.05) is 29.3 Å². The molecule has 1 aromatic carbocycles. The molecule has 0 amide bonds. The van der Waals surface area contributed by atoms with E-state index in [4.69, 9.17) is 23.2 Å². The largest absolute Gasteiger partial charge is 0.357 e. The van der Waals surface area contributed by atoms with Gasteiger partial charge in [-0.25, -0.2) is 0 Å². The quantitative estimate of drug-likeness (QED) is 0.737. The highest BCUT2D eigenvalue weighted by Gasteiger charge is 1.98. The molecule has 0 atom stereocenters. The second-order valence-corrected chi connectivity index (χ2v) is 3.17. The maximum absolute atomic E-state index is 5.80. The van der Waals surface area contributed by atoms with Crippen LogP contribution in [0.25, 0.3) is 0 Å². The van der Waals surface area contributed by atoms with E-state index in [2.05, 4.69) is 5.73 Å². The van der Waals surface area contributed by atoms with Gasteiger partial charge in [0.15, 0.2) is 0 Å². The molecule has 0 aliphatic carbocycles. The molecular weight excluding hydrogens is 181 g/mol. The lowest BCUT2D eigenvalue weighted by molar-refractivity contribution is -0.366. The van der Waals surface area contributed by atoms with Crippen molar-refractivity contribution in [1.82, 2.24) is 0 Å². The van der Waals surface area contributed by atoms with Crippen LogP contribution < -0.4 is 5.73 Å². The van der Waals surface area contributed by atoms with Crippen LogP contribution in [0.4, 0.5) is 0 Å². The van der Waals surface area contributed by atoms with Gasteiger partial charge < -0.3 is 5.73 Å². The predicted octanol–water partition coefficient (Wildman–Crippen LogP) is 1.78. The Morgan fingerprint density at radius 2 is 1.91 bits per heavy atom. The minimum atomic E-state index is 0.611. The van der Waals surface area contributed by atoms with Gasteiger partial charge in [0.1, 0.15) is 0 Å². The van der Waals surface area contributed by atoms with Crippen LogP contribution >= 0.6 is 23.2 Å². The molecule has 0 aliphatic rings. The zero-order valence-corrected chi connectivity index (χ0v) is 7.62. The minimum Gasteiger partial charge on any atom is -0.357 e. The van der Waals surface area contributed by atoms with Crippen LogP contribution in [0.2, 0.25) is 10.0 Å². The van der Waals surface area contributed by atoms with Crippen molar-refractivity contribution in [2.45, 2.75) is 6.42 Å². The van der Waals surface area contributed by atoms with Crippen LogP contribution in [0.1, 0.15) is 5.56 Å². The van der Waals surface area contributed by atoms with Crippen molar-refractivity contribution in [3.63, 3.8) is 0 Å². The fraction of sp³-hybridized carbons (Fsp3) is 0.250. The molecule has 60 valence electrons. The average Bonchev–Trinajstić information content (AvgIpc) is 1.98. The van der Waals surface area contributed by atoms with Crippen molar-refractivity contribution in [1.29, 1.82) is 0 Å². The molecule has 0 bridgehead atoms. The molecule has 0 heterocycles. The molecule has 1 rings (SSSR count). The molecule has 0 aliphatic heterocycles. The third kappa shape index (κ3) is 2.37. The first kappa shape index (κ1) is 8.85. The number of benzene rings is 1. The van der Waals surface area contributed by atoms with Gasteiger partial charge in [-0.2, -0.15) is 0 Å². The fourth-order valence-electron chi connectivity index (χ4n) is 0.899. The summed E-state index contributed by atoms with van der Waals surface area (Å²) in [6, 6.07) is 5.67. The van der Waals surface area contributed by atoms with E-state index in [-0.39, 0.29) is 0 Å². The first-order chi connectivity index (χ1) is 5.24. The van der Waals surface area contributed by atoms with E-state index < -0.39 is 0 Å². The van der Waals surface area contributed by atoms with E-state index in [1.54, 1.807) is 0 Å². The third-order valence-electron chi connectivity index (χ3n) is 1.45. The molecule has 11 heavy (non-hydrogen) atoms. The summed E-state index contributed by atoms with van der Waals surface area (Å²) in [5.41, 5.74) is 4.95. The van der Waals surface area contributed by atoms with Gasteiger partial charge in [-0.3, -0.25) is 0 Å². The molecule has 0 unspecified atom stereocenters. The topological polar surface area (TPSA) is 27.6 Å². The summed E-state index contributed by atoms with van der Waals surface area (Å²) in [5.74, 6) is 0. The Balaban J connectivity index is 2.86. The van der Waals surface area contributed by atoms with Crippen molar-refractivity contribution in [3.8, 4) is 0 Å². The molecule has 3 heteroatoms. The third-order valence-corrected chi connectivity index (χ3v) is 2.19. The zero-order chi connectivity index (χ0) is 8.27. The van der Waals surface area contributed by atoms with Gasteiger partial charge in [0.2, 0.25) is 0 Å². The van der Waals surface area contributed by atoms with Crippen molar-refractivity contribution in [2.75, 3.05) is 6.54 Å². The second kappa shape index (κ2) is 3.96. The van der Waals surface area contributed by atoms with Crippen LogP contribution in [0.15, 0.2) is 18.2 Å². The SMILES string of the molecule is [NH3+]CCc1ccc(Cl)c(Cl)c1. The van der Waals surface area contributed by atoms with E-state index >= 15 is 0 Å². The summed E-state index contributed by atoms with van der Waals surface area (Å²) in [4.78, 5) is 0. The zero-order valence-electron chi connectivity index (χ0n) is 6.11. The van der Waals surface area contributed by atoms with Crippen LogP contribution in [0, 0.1) is 0 Å².